The smallest absolute Gasteiger partial charge is 0.157 e. The minimum atomic E-state index is -2.85. The van der Waals surface area contributed by atoms with E-state index in [0.717, 1.165) is 13.1 Å². The maximum absolute atomic E-state index is 11.7. The minimum Gasteiger partial charge on any atom is -0.314 e. The zero-order chi connectivity index (χ0) is 10.3. The fourth-order valence-corrected chi connectivity index (χ4v) is 3.76. The van der Waals surface area contributed by atoms with Gasteiger partial charge < -0.3 is 5.32 Å². The lowest BCUT2D eigenvalue weighted by molar-refractivity contribution is 0.140. The second kappa shape index (κ2) is 3.47. The van der Waals surface area contributed by atoms with Crippen molar-refractivity contribution in [1.29, 1.82) is 0 Å². The number of rotatable bonds is 1. The second-order valence-electron chi connectivity index (χ2n) is 4.48. The average molecular weight is 218 g/mol. The van der Waals surface area contributed by atoms with Gasteiger partial charge in [0.15, 0.2) is 9.84 Å². The molecule has 2 atom stereocenters. The van der Waals surface area contributed by atoms with Gasteiger partial charge in [0.25, 0.3) is 0 Å². The summed E-state index contributed by atoms with van der Waals surface area (Å²) in [5.41, 5.74) is 0. The van der Waals surface area contributed by atoms with Gasteiger partial charge in [0, 0.05) is 32.2 Å². The van der Waals surface area contributed by atoms with Crippen LogP contribution in [0.2, 0.25) is 0 Å². The van der Waals surface area contributed by atoms with Crippen LogP contribution in [0.1, 0.15) is 13.8 Å². The molecule has 0 aliphatic carbocycles. The molecule has 4 nitrogen and oxygen atoms in total. The van der Waals surface area contributed by atoms with E-state index >= 15 is 0 Å². The molecule has 2 aliphatic rings. The van der Waals surface area contributed by atoms with Crippen molar-refractivity contribution >= 4 is 9.84 Å². The SMILES string of the molecule is CC1CN(C2CNC2)CC(C)S1(=O)=O. The van der Waals surface area contributed by atoms with E-state index in [1.54, 1.807) is 0 Å². The normalized spacial score (nSPS) is 39.3. The van der Waals surface area contributed by atoms with E-state index in [2.05, 4.69) is 10.2 Å². The summed E-state index contributed by atoms with van der Waals surface area (Å²) in [7, 11) is -2.85. The molecule has 0 radical (unpaired) electrons. The van der Waals surface area contributed by atoms with E-state index < -0.39 is 9.84 Å². The third-order valence-electron chi connectivity index (χ3n) is 3.38. The van der Waals surface area contributed by atoms with Gasteiger partial charge >= 0.3 is 0 Å². The summed E-state index contributed by atoms with van der Waals surface area (Å²) >= 11 is 0. The van der Waals surface area contributed by atoms with Crippen molar-refractivity contribution in [3.8, 4) is 0 Å². The Bertz CT molecular complexity index is 293. The van der Waals surface area contributed by atoms with E-state index in [-0.39, 0.29) is 10.5 Å². The molecule has 0 bridgehead atoms. The molecule has 2 unspecified atom stereocenters. The van der Waals surface area contributed by atoms with E-state index in [4.69, 9.17) is 0 Å². The van der Waals surface area contributed by atoms with Gasteiger partial charge in [-0.15, -0.1) is 0 Å². The van der Waals surface area contributed by atoms with Crippen LogP contribution in [0.5, 0.6) is 0 Å². The van der Waals surface area contributed by atoms with Crippen molar-refractivity contribution in [2.45, 2.75) is 30.4 Å². The Kier molecular flexibility index (Phi) is 2.57. The van der Waals surface area contributed by atoms with Gasteiger partial charge in [0.1, 0.15) is 0 Å². The van der Waals surface area contributed by atoms with Crippen molar-refractivity contribution in [3.63, 3.8) is 0 Å². The molecule has 14 heavy (non-hydrogen) atoms. The molecule has 2 saturated heterocycles. The van der Waals surface area contributed by atoms with E-state index in [0.29, 0.717) is 19.1 Å². The van der Waals surface area contributed by atoms with Crippen LogP contribution < -0.4 is 5.32 Å². The van der Waals surface area contributed by atoms with Crippen LogP contribution >= 0.6 is 0 Å². The quantitative estimate of drug-likeness (QED) is 0.642. The molecule has 2 heterocycles. The Hall–Kier alpha value is -0.130. The van der Waals surface area contributed by atoms with Crippen LogP contribution in [-0.4, -0.2) is 56.0 Å². The largest absolute Gasteiger partial charge is 0.314 e. The summed E-state index contributed by atoms with van der Waals surface area (Å²) in [6.07, 6.45) is 0. The zero-order valence-electron chi connectivity index (χ0n) is 8.73. The van der Waals surface area contributed by atoms with Gasteiger partial charge in [0.2, 0.25) is 0 Å². The first-order valence-corrected chi connectivity index (χ1v) is 6.80. The third kappa shape index (κ3) is 1.57. The molecule has 0 aromatic heterocycles. The van der Waals surface area contributed by atoms with Gasteiger partial charge in [-0.25, -0.2) is 8.42 Å². The third-order valence-corrected chi connectivity index (χ3v) is 5.92. The number of nitrogens with one attached hydrogen (secondary N) is 1. The van der Waals surface area contributed by atoms with Crippen LogP contribution in [0.25, 0.3) is 0 Å². The number of nitrogens with zero attached hydrogens (tertiary/aromatic N) is 1. The first kappa shape index (κ1) is 10.4. The molecule has 0 aromatic carbocycles. The monoisotopic (exact) mass is 218 g/mol. The lowest BCUT2D eigenvalue weighted by atomic mass is 10.1. The Morgan fingerprint density at radius 2 is 1.64 bits per heavy atom. The highest BCUT2D eigenvalue weighted by atomic mass is 32.2. The Morgan fingerprint density at radius 3 is 2.00 bits per heavy atom. The van der Waals surface area contributed by atoms with Gasteiger partial charge in [-0.05, 0) is 13.8 Å². The molecule has 2 fully saturated rings. The molecule has 2 rings (SSSR count). The summed E-state index contributed by atoms with van der Waals surface area (Å²) in [6.45, 7) is 7.09. The predicted molar refractivity (Wildman–Crippen MR) is 56.1 cm³/mol. The van der Waals surface area contributed by atoms with Crippen molar-refractivity contribution in [2.75, 3.05) is 26.2 Å². The fraction of sp³-hybridized carbons (Fsp3) is 1.00. The highest BCUT2D eigenvalue weighted by Gasteiger charge is 2.39. The van der Waals surface area contributed by atoms with Crippen molar-refractivity contribution in [3.05, 3.63) is 0 Å². The molecule has 0 spiro atoms. The van der Waals surface area contributed by atoms with Crippen LogP contribution in [0.3, 0.4) is 0 Å². The van der Waals surface area contributed by atoms with Crippen molar-refractivity contribution in [2.24, 2.45) is 0 Å². The summed E-state index contributed by atoms with van der Waals surface area (Å²) in [4.78, 5) is 2.31. The van der Waals surface area contributed by atoms with E-state index in [1.165, 1.54) is 0 Å². The highest BCUT2D eigenvalue weighted by molar-refractivity contribution is 7.92. The molecule has 82 valence electrons. The Labute approximate surface area is 85.6 Å². The van der Waals surface area contributed by atoms with E-state index in [9.17, 15) is 8.42 Å². The molecular weight excluding hydrogens is 200 g/mol. The van der Waals surface area contributed by atoms with Gasteiger partial charge in [-0.3, -0.25) is 4.90 Å². The molecule has 5 heteroatoms. The lowest BCUT2D eigenvalue weighted by Gasteiger charge is -2.43. The highest BCUT2D eigenvalue weighted by Crippen LogP contribution is 2.21. The molecule has 0 saturated carbocycles. The summed E-state index contributed by atoms with van der Waals surface area (Å²) in [5, 5.41) is 2.81. The van der Waals surface area contributed by atoms with Gasteiger partial charge in [0.05, 0.1) is 10.5 Å². The first-order chi connectivity index (χ1) is 6.51. The van der Waals surface area contributed by atoms with Crippen LogP contribution in [0.15, 0.2) is 0 Å². The zero-order valence-corrected chi connectivity index (χ0v) is 9.55. The molecule has 0 aromatic rings. The summed E-state index contributed by atoms with van der Waals surface area (Å²) < 4.78 is 23.5. The minimum absolute atomic E-state index is 0.202. The topological polar surface area (TPSA) is 49.4 Å². The predicted octanol–water partition coefficient (Wildman–Crippen LogP) is -0.534. The summed E-state index contributed by atoms with van der Waals surface area (Å²) in [6, 6.07) is 0.565. The molecule has 2 aliphatic heterocycles. The van der Waals surface area contributed by atoms with Crippen molar-refractivity contribution in [1.82, 2.24) is 10.2 Å². The standard InChI is InChI=1S/C9H18N2O2S/c1-7-5-11(9-3-10-4-9)6-8(2)14(7,12)13/h7-10H,3-6H2,1-2H3. The molecular formula is C9H18N2O2S. The maximum atomic E-state index is 11.7. The number of hydrogen-bond donors (Lipinski definition) is 1. The van der Waals surface area contributed by atoms with Crippen LogP contribution in [0.4, 0.5) is 0 Å². The number of hydrogen-bond acceptors (Lipinski definition) is 4. The van der Waals surface area contributed by atoms with Crippen LogP contribution in [0, 0.1) is 0 Å². The molecule has 0 amide bonds. The Morgan fingerprint density at radius 1 is 1.14 bits per heavy atom. The molecule has 1 N–H and O–H groups in total. The van der Waals surface area contributed by atoms with Gasteiger partial charge in [-0.1, -0.05) is 0 Å². The fourth-order valence-electron chi connectivity index (χ4n) is 2.17. The number of sulfone groups is 1. The van der Waals surface area contributed by atoms with E-state index in [1.807, 2.05) is 13.8 Å². The Balaban J connectivity index is 2.07. The summed E-state index contributed by atoms with van der Waals surface area (Å²) in [5.74, 6) is 0. The lowest BCUT2D eigenvalue weighted by Crippen LogP contribution is -2.63. The average Bonchev–Trinajstić information content (AvgIpc) is 1.97. The first-order valence-electron chi connectivity index (χ1n) is 5.19. The van der Waals surface area contributed by atoms with Crippen LogP contribution in [-0.2, 0) is 9.84 Å². The van der Waals surface area contributed by atoms with Gasteiger partial charge in [-0.2, -0.15) is 0 Å². The maximum Gasteiger partial charge on any atom is 0.157 e. The van der Waals surface area contributed by atoms with Crippen molar-refractivity contribution < 1.29 is 8.42 Å². The second-order valence-corrected chi connectivity index (χ2v) is 7.26.